The maximum atomic E-state index is 12.7. The maximum Gasteiger partial charge on any atom is 0.253 e. The van der Waals surface area contributed by atoms with Gasteiger partial charge in [-0.1, -0.05) is 48.3 Å². The maximum absolute atomic E-state index is 12.7. The molecule has 2 aromatic rings. The highest BCUT2D eigenvalue weighted by molar-refractivity contribution is 9.10. The lowest BCUT2D eigenvalue weighted by atomic mass is 10.0. The molecule has 5 nitrogen and oxygen atoms in total. The predicted octanol–water partition coefficient (Wildman–Crippen LogP) is 4.62. The topological polar surface area (TPSA) is 61.4 Å². The van der Waals surface area contributed by atoms with E-state index in [0.29, 0.717) is 18.0 Å². The number of carbonyl (C=O) groups is 2. The van der Waals surface area contributed by atoms with Gasteiger partial charge < -0.3 is 15.5 Å². The second kappa shape index (κ2) is 10.6. The Labute approximate surface area is 187 Å². The van der Waals surface area contributed by atoms with Gasteiger partial charge in [-0.2, -0.15) is 0 Å². The van der Waals surface area contributed by atoms with Crippen molar-refractivity contribution in [2.45, 2.75) is 39.2 Å². The van der Waals surface area contributed by atoms with E-state index in [0.717, 1.165) is 48.1 Å². The van der Waals surface area contributed by atoms with Gasteiger partial charge in [-0.25, -0.2) is 0 Å². The Morgan fingerprint density at radius 2 is 1.73 bits per heavy atom. The zero-order chi connectivity index (χ0) is 21.5. The Hall–Kier alpha value is -2.34. The molecular weight excluding hydrogens is 442 g/mol. The van der Waals surface area contributed by atoms with E-state index < -0.39 is 0 Å². The first-order valence-electron chi connectivity index (χ1n) is 10.7. The molecule has 0 unspecified atom stereocenters. The average molecular weight is 472 g/mol. The van der Waals surface area contributed by atoms with Crippen LogP contribution < -0.4 is 15.5 Å². The number of nitrogens with one attached hydrogen (secondary N) is 2. The van der Waals surface area contributed by atoms with Gasteiger partial charge in [-0.05, 0) is 55.2 Å². The summed E-state index contributed by atoms with van der Waals surface area (Å²) in [5.74, 6) is 0.411. The number of hydrogen-bond donors (Lipinski definition) is 2. The molecule has 1 aliphatic heterocycles. The van der Waals surface area contributed by atoms with Gasteiger partial charge in [0.05, 0.1) is 5.56 Å². The smallest absolute Gasteiger partial charge is 0.253 e. The summed E-state index contributed by atoms with van der Waals surface area (Å²) in [6.45, 7) is 6.57. The lowest BCUT2D eigenvalue weighted by molar-refractivity contribution is 0.0929. The van der Waals surface area contributed by atoms with E-state index in [1.807, 2.05) is 48.5 Å². The van der Waals surface area contributed by atoms with E-state index in [4.69, 9.17) is 0 Å². The van der Waals surface area contributed by atoms with Crippen LogP contribution in [0.3, 0.4) is 0 Å². The summed E-state index contributed by atoms with van der Waals surface area (Å²) >= 11 is 3.39. The molecule has 1 aliphatic rings. The molecule has 0 saturated carbocycles. The van der Waals surface area contributed by atoms with E-state index in [1.165, 1.54) is 0 Å². The molecule has 0 aromatic heterocycles. The van der Waals surface area contributed by atoms with Gasteiger partial charge >= 0.3 is 0 Å². The minimum atomic E-state index is -0.0363. The standard InChI is InChI=1S/C24H30BrN3O2/c1-3-17(2)16-26-24(30)21-6-4-5-7-22(21)28-14-12-20(13-15-28)27-23(29)18-8-10-19(25)11-9-18/h4-11,17,20H,3,12-16H2,1-2H3,(H,26,30)(H,27,29)/t17-/m1/s1. The normalized spacial score (nSPS) is 15.5. The number of nitrogens with zero attached hydrogens (tertiary/aromatic N) is 1. The highest BCUT2D eigenvalue weighted by Crippen LogP contribution is 2.24. The molecule has 1 saturated heterocycles. The minimum absolute atomic E-state index is 0.0171. The number of benzene rings is 2. The molecular formula is C24H30BrN3O2. The number of hydrogen-bond acceptors (Lipinski definition) is 3. The Morgan fingerprint density at radius 3 is 2.40 bits per heavy atom. The summed E-state index contributed by atoms with van der Waals surface area (Å²) in [7, 11) is 0. The number of halogens is 1. The van der Waals surface area contributed by atoms with Gasteiger partial charge in [-0.3, -0.25) is 9.59 Å². The highest BCUT2D eigenvalue weighted by atomic mass is 79.9. The molecule has 2 aromatic carbocycles. The first-order valence-corrected chi connectivity index (χ1v) is 11.5. The lowest BCUT2D eigenvalue weighted by Crippen LogP contribution is -2.45. The third-order valence-electron chi connectivity index (χ3n) is 5.73. The highest BCUT2D eigenvalue weighted by Gasteiger charge is 2.24. The van der Waals surface area contributed by atoms with Crippen molar-refractivity contribution in [2.24, 2.45) is 5.92 Å². The number of para-hydroxylation sites is 1. The Morgan fingerprint density at radius 1 is 1.07 bits per heavy atom. The number of anilines is 1. The molecule has 0 aliphatic carbocycles. The molecule has 2 N–H and O–H groups in total. The van der Waals surface area contributed by atoms with Crippen molar-refractivity contribution in [1.29, 1.82) is 0 Å². The fourth-order valence-corrected chi connectivity index (χ4v) is 3.85. The van der Waals surface area contributed by atoms with Crippen molar-refractivity contribution in [2.75, 3.05) is 24.5 Å². The summed E-state index contributed by atoms with van der Waals surface area (Å²) in [4.78, 5) is 27.4. The molecule has 1 fully saturated rings. The van der Waals surface area contributed by atoms with Crippen LogP contribution in [-0.2, 0) is 0 Å². The van der Waals surface area contributed by atoms with Crippen LogP contribution in [0.15, 0.2) is 53.0 Å². The summed E-state index contributed by atoms with van der Waals surface area (Å²) < 4.78 is 0.958. The summed E-state index contributed by atoms with van der Waals surface area (Å²) in [6.07, 6.45) is 2.75. The average Bonchev–Trinajstić information content (AvgIpc) is 2.78. The van der Waals surface area contributed by atoms with E-state index in [-0.39, 0.29) is 17.9 Å². The summed E-state index contributed by atoms with van der Waals surface area (Å²) in [6, 6.07) is 15.3. The molecule has 160 valence electrons. The van der Waals surface area contributed by atoms with Crippen LogP contribution in [-0.4, -0.2) is 37.5 Å². The molecule has 0 spiro atoms. The van der Waals surface area contributed by atoms with E-state index in [9.17, 15) is 9.59 Å². The monoisotopic (exact) mass is 471 g/mol. The SMILES string of the molecule is CC[C@@H](C)CNC(=O)c1ccccc1N1CCC(NC(=O)c2ccc(Br)cc2)CC1. The van der Waals surface area contributed by atoms with Crippen molar-refractivity contribution < 1.29 is 9.59 Å². The zero-order valence-electron chi connectivity index (χ0n) is 17.7. The number of carbonyl (C=O) groups excluding carboxylic acids is 2. The van der Waals surface area contributed by atoms with Crippen LogP contribution in [0.5, 0.6) is 0 Å². The van der Waals surface area contributed by atoms with Crippen LogP contribution in [0.4, 0.5) is 5.69 Å². The Bertz CT molecular complexity index is 861. The lowest BCUT2D eigenvalue weighted by Gasteiger charge is -2.35. The van der Waals surface area contributed by atoms with Gasteiger partial charge in [-0.15, -0.1) is 0 Å². The molecule has 0 bridgehead atoms. The van der Waals surface area contributed by atoms with Crippen molar-refractivity contribution in [3.05, 3.63) is 64.1 Å². The summed E-state index contributed by atoms with van der Waals surface area (Å²) in [5, 5.41) is 6.20. The van der Waals surface area contributed by atoms with Gasteiger partial charge in [0.2, 0.25) is 0 Å². The number of rotatable bonds is 7. The molecule has 3 rings (SSSR count). The van der Waals surface area contributed by atoms with E-state index in [1.54, 1.807) is 0 Å². The van der Waals surface area contributed by atoms with Gasteiger partial charge in [0.25, 0.3) is 11.8 Å². The van der Waals surface area contributed by atoms with Crippen LogP contribution in [0, 0.1) is 5.92 Å². The number of piperidine rings is 1. The fraction of sp³-hybridized carbons (Fsp3) is 0.417. The van der Waals surface area contributed by atoms with Crippen molar-refractivity contribution in [3.8, 4) is 0 Å². The molecule has 6 heteroatoms. The molecule has 1 atom stereocenters. The van der Waals surface area contributed by atoms with E-state index >= 15 is 0 Å². The zero-order valence-corrected chi connectivity index (χ0v) is 19.2. The predicted molar refractivity (Wildman–Crippen MR) is 125 cm³/mol. The largest absolute Gasteiger partial charge is 0.371 e. The van der Waals surface area contributed by atoms with Crippen LogP contribution >= 0.6 is 15.9 Å². The van der Waals surface area contributed by atoms with E-state index in [2.05, 4.69) is 45.3 Å². The van der Waals surface area contributed by atoms with Gasteiger partial charge in [0, 0.05) is 41.4 Å². The molecule has 1 heterocycles. The van der Waals surface area contributed by atoms with Crippen LogP contribution in [0.1, 0.15) is 53.8 Å². The van der Waals surface area contributed by atoms with Crippen molar-refractivity contribution in [3.63, 3.8) is 0 Å². The Balaban J connectivity index is 1.58. The molecule has 2 amide bonds. The fourth-order valence-electron chi connectivity index (χ4n) is 3.58. The number of amides is 2. The second-order valence-corrected chi connectivity index (χ2v) is 8.90. The first-order chi connectivity index (χ1) is 14.5. The molecule has 0 radical (unpaired) electrons. The quantitative estimate of drug-likeness (QED) is 0.618. The van der Waals surface area contributed by atoms with Gasteiger partial charge in [0.1, 0.15) is 0 Å². The second-order valence-electron chi connectivity index (χ2n) is 7.98. The first kappa shape index (κ1) is 22.3. The van der Waals surface area contributed by atoms with Crippen LogP contribution in [0.2, 0.25) is 0 Å². The molecule has 30 heavy (non-hydrogen) atoms. The Kier molecular flexibility index (Phi) is 7.91. The van der Waals surface area contributed by atoms with Crippen LogP contribution in [0.25, 0.3) is 0 Å². The third kappa shape index (κ3) is 5.85. The third-order valence-corrected chi connectivity index (χ3v) is 6.26. The van der Waals surface area contributed by atoms with Crippen molar-refractivity contribution in [1.82, 2.24) is 10.6 Å². The summed E-state index contributed by atoms with van der Waals surface area (Å²) in [5.41, 5.74) is 2.36. The minimum Gasteiger partial charge on any atom is -0.371 e. The van der Waals surface area contributed by atoms with Crippen molar-refractivity contribution >= 4 is 33.4 Å². The van der Waals surface area contributed by atoms with Gasteiger partial charge in [0.15, 0.2) is 0 Å².